The van der Waals surface area contributed by atoms with Crippen LogP contribution in [0.25, 0.3) is 0 Å². The van der Waals surface area contributed by atoms with Crippen LogP contribution in [0.1, 0.15) is 99.2 Å². The Morgan fingerprint density at radius 3 is 2.48 bits per heavy atom. The number of ether oxygens (including phenoxy) is 3. The fourth-order valence-electron chi connectivity index (χ4n) is 8.03. The van der Waals surface area contributed by atoms with E-state index in [1.807, 2.05) is 26.0 Å². The van der Waals surface area contributed by atoms with Crippen LogP contribution in [0, 0.1) is 17.3 Å². The largest absolute Gasteiger partial charge is 0.508 e. The Morgan fingerprint density at radius 2 is 1.77 bits per heavy atom. The second-order valence-electron chi connectivity index (χ2n) is 12.8. The van der Waals surface area contributed by atoms with Crippen LogP contribution in [0.3, 0.4) is 0 Å². The zero-order chi connectivity index (χ0) is 28.8. The molecule has 6 rings (SSSR count). The summed E-state index contributed by atoms with van der Waals surface area (Å²) in [6, 6.07) is 9.17. The summed E-state index contributed by atoms with van der Waals surface area (Å²) < 4.78 is 16.7. The number of carbonyl (C=O) groups excluding carboxylic acids is 1. The molecule has 7 nitrogen and oxygen atoms in total. The van der Waals surface area contributed by atoms with Crippen molar-refractivity contribution in [3.8, 4) is 17.2 Å². The highest BCUT2D eigenvalue weighted by Crippen LogP contribution is 2.61. The zero-order valence-electron chi connectivity index (χ0n) is 24.3. The van der Waals surface area contributed by atoms with Crippen LogP contribution in [-0.4, -0.2) is 41.0 Å². The maximum Gasteiger partial charge on any atom is 0.339 e. The summed E-state index contributed by atoms with van der Waals surface area (Å²) in [7, 11) is 1.49. The fraction of sp³-hybridized carbons (Fsp3) is 0.576. The summed E-state index contributed by atoms with van der Waals surface area (Å²) in [5.74, 6) is 2.40. The number of hydrogen-bond acceptors (Lipinski definition) is 6. The highest BCUT2D eigenvalue weighted by Gasteiger charge is 2.56. The van der Waals surface area contributed by atoms with E-state index in [4.69, 9.17) is 19.3 Å². The highest BCUT2D eigenvalue weighted by atomic mass is 16.5. The first-order chi connectivity index (χ1) is 18.9. The molecule has 216 valence electrons. The summed E-state index contributed by atoms with van der Waals surface area (Å²) >= 11 is 0. The first-order valence-corrected chi connectivity index (χ1v) is 14.5. The first-order valence-electron chi connectivity index (χ1n) is 14.5. The minimum atomic E-state index is -0.977. The van der Waals surface area contributed by atoms with Gasteiger partial charge in [0.2, 0.25) is 0 Å². The van der Waals surface area contributed by atoms with E-state index in [0.717, 1.165) is 43.4 Å². The van der Waals surface area contributed by atoms with Crippen molar-refractivity contribution in [2.24, 2.45) is 17.3 Å². The van der Waals surface area contributed by atoms with Crippen LogP contribution >= 0.6 is 0 Å². The van der Waals surface area contributed by atoms with E-state index in [-0.39, 0.29) is 28.7 Å². The number of carbonyl (C=O) groups is 2. The lowest BCUT2D eigenvalue weighted by molar-refractivity contribution is -0.154. The van der Waals surface area contributed by atoms with E-state index < -0.39 is 5.97 Å². The van der Waals surface area contributed by atoms with Crippen molar-refractivity contribution < 1.29 is 34.0 Å². The Kier molecular flexibility index (Phi) is 7.53. The van der Waals surface area contributed by atoms with Gasteiger partial charge >= 0.3 is 11.9 Å². The molecule has 2 N–H and O–H groups in total. The molecule has 2 aromatic carbocycles. The molecule has 4 aliphatic rings. The van der Waals surface area contributed by atoms with Crippen molar-refractivity contribution >= 4 is 11.9 Å². The predicted molar refractivity (Wildman–Crippen MR) is 151 cm³/mol. The lowest BCUT2D eigenvalue weighted by Gasteiger charge is -2.50. The van der Waals surface area contributed by atoms with Crippen LogP contribution in [-0.2, 0) is 22.4 Å². The number of rotatable bonds is 3. The van der Waals surface area contributed by atoms with Gasteiger partial charge in [-0.1, -0.05) is 13.0 Å². The smallest absolute Gasteiger partial charge is 0.339 e. The van der Waals surface area contributed by atoms with Crippen molar-refractivity contribution in [2.45, 2.75) is 96.7 Å². The molecule has 1 aliphatic heterocycles. The molecular formula is C33H42O7. The molecule has 2 saturated carbocycles. The standard InChI is InChI=1S/C20H26O3.C13H16O4/c1-12(21)23-19-8-7-18-17-5-3-13-11-14(22)4-6-15(13)16(17)9-10-20(18,19)2;1-13(2)7-6-8-10(17-13)5-4-9(12(14)15)11(8)16-3/h4,6,11,16-19,22H,3,5,7-10H2,1-2H3;4-5H,6-7H2,1-3H3,(H,14,15). The monoisotopic (exact) mass is 550 g/mol. The van der Waals surface area contributed by atoms with E-state index in [0.29, 0.717) is 29.3 Å². The van der Waals surface area contributed by atoms with Gasteiger partial charge in [0.15, 0.2) is 0 Å². The molecule has 0 saturated heterocycles. The maximum atomic E-state index is 11.4. The molecular weight excluding hydrogens is 508 g/mol. The number of phenolic OH excluding ortho intramolecular Hbond substituents is 1. The van der Waals surface area contributed by atoms with Gasteiger partial charge in [-0.25, -0.2) is 4.79 Å². The average molecular weight is 551 g/mol. The van der Waals surface area contributed by atoms with Crippen molar-refractivity contribution in [3.05, 3.63) is 52.6 Å². The Balaban J connectivity index is 0.000000170. The zero-order valence-corrected chi connectivity index (χ0v) is 24.3. The second-order valence-corrected chi connectivity index (χ2v) is 12.8. The van der Waals surface area contributed by atoms with Gasteiger partial charge in [0.05, 0.1) is 7.11 Å². The van der Waals surface area contributed by atoms with Crippen molar-refractivity contribution in [1.29, 1.82) is 0 Å². The molecule has 0 aromatic heterocycles. The normalized spacial score (nSPS) is 29.2. The number of carboxylic acids is 1. The number of aryl methyl sites for hydroxylation is 1. The van der Waals surface area contributed by atoms with Gasteiger partial charge in [-0.15, -0.1) is 0 Å². The minimum Gasteiger partial charge on any atom is -0.508 e. The molecule has 5 atom stereocenters. The van der Waals surface area contributed by atoms with Crippen LogP contribution in [0.15, 0.2) is 30.3 Å². The molecule has 2 aromatic rings. The lowest BCUT2D eigenvalue weighted by Crippen LogP contribution is -2.45. The van der Waals surface area contributed by atoms with Gasteiger partial charge in [-0.05, 0) is 118 Å². The van der Waals surface area contributed by atoms with Gasteiger partial charge in [-0.2, -0.15) is 0 Å². The number of hydrogen-bond donors (Lipinski definition) is 2. The van der Waals surface area contributed by atoms with Crippen molar-refractivity contribution in [2.75, 3.05) is 7.11 Å². The molecule has 1 heterocycles. The Hall–Kier alpha value is -3.22. The number of esters is 1. The number of fused-ring (bicyclic) bond motifs is 6. The number of methoxy groups -OCH3 is 1. The third kappa shape index (κ3) is 5.15. The van der Waals surface area contributed by atoms with Crippen LogP contribution in [0.2, 0.25) is 0 Å². The third-order valence-corrected chi connectivity index (χ3v) is 9.95. The summed E-state index contributed by atoms with van der Waals surface area (Å²) in [5, 5.41) is 18.8. The SMILES string of the molecule is CC(=O)OC1CCC2C3CCc4cc(O)ccc4C3CCC12C.COc1c(C(=O)O)ccc2c1CCC(C)(C)O2. The minimum absolute atomic E-state index is 0.104. The van der Waals surface area contributed by atoms with Gasteiger partial charge in [0.1, 0.15) is 34.5 Å². The number of phenols is 1. The molecule has 2 fully saturated rings. The molecule has 3 aliphatic carbocycles. The predicted octanol–water partition coefficient (Wildman–Crippen LogP) is 6.68. The van der Waals surface area contributed by atoms with Gasteiger partial charge in [0, 0.05) is 17.9 Å². The molecule has 0 amide bonds. The summed E-state index contributed by atoms with van der Waals surface area (Å²) in [6.45, 7) is 7.92. The first kappa shape index (κ1) is 28.3. The maximum absolute atomic E-state index is 11.4. The quantitative estimate of drug-likeness (QED) is 0.411. The average Bonchev–Trinajstić information content (AvgIpc) is 3.22. The summed E-state index contributed by atoms with van der Waals surface area (Å²) in [5.41, 5.74) is 3.78. The molecule has 7 heteroatoms. The molecule has 0 radical (unpaired) electrons. The number of benzene rings is 2. The Morgan fingerprint density at radius 1 is 1.00 bits per heavy atom. The second kappa shape index (κ2) is 10.6. The molecule has 0 spiro atoms. The van der Waals surface area contributed by atoms with Gasteiger partial charge in [-0.3, -0.25) is 4.79 Å². The highest BCUT2D eigenvalue weighted by molar-refractivity contribution is 5.92. The van der Waals surface area contributed by atoms with Gasteiger partial charge in [0.25, 0.3) is 0 Å². The summed E-state index contributed by atoms with van der Waals surface area (Å²) in [6.07, 6.45) is 8.50. The third-order valence-electron chi connectivity index (χ3n) is 9.95. The van der Waals surface area contributed by atoms with E-state index in [1.54, 1.807) is 6.07 Å². The van der Waals surface area contributed by atoms with E-state index in [1.165, 1.54) is 50.5 Å². The summed E-state index contributed by atoms with van der Waals surface area (Å²) in [4.78, 5) is 22.5. The number of aromatic hydroxyl groups is 1. The fourth-order valence-corrected chi connectivity index (χ4v) is 8.03. The number of carboxylic acid groups (broad SMARTS) is 1. The molecule has 40 heavy (non-hydrogen) atoms. The van der Waals surface area contributed by atoms with E-state index in [2.05, 4.69) is 13.0 Å². The van der Waals surface area contributed by atoms with Crippen LogP contribution in [0.4, 0.5) is 0 Å². The topological polar surface area (TPSA) is 102 Å². The van der Waals surface area contributed by atoms with E-state index in [9.17, 15) is 14.7 Å². The number of aromatic carboxylic acids is 1. The van der Waals surface area contributed by atoms with Crippen molar-refractivity contribution in [1.82, 2.24) is 0 Å². The Labute approximate surface area is 236 Å². The van der Waals surface area contributed by atoms with Crippen LogP contribution < -0.4 is 9.47 Å². The Bertz CT molecular complexity index is 1300. The van der Waals surface area contributed by atoms with Crippen LogP contribution in [0.5, 0.6) is 17.2 Å². The van der Waals surface area contributed by atoms with Gasteiger partial charge < -0.3 is 24.4 Å². The van der Waals surface area contributed by atoms with E-state index >= 15 is 0 Å². The molecule has 5 unspecified atom stereocenters. The van der Waals surface area contributed by atoms with Crippen molar-refractivity contribution in [3.63, 3.8) is 0 Å². The molecule has 0 bridgehead atoms. The lowest BCUT2D eigenvalue weighted by atomic mass is 9.55.